The van der Waals surface area contributed by atoms with Crippen LogP contribution < -0.4 is 0 Å². The summed E-state index contributed by atoms with van der Waals surface area (Å²) in [6.45, 7) is 3.75. The van der Waals surface area contributed by atoms with Crippen molar-refractivity contribution in [1.82, 2.24) is 0 Å². The van der Waals surface area contributed by atoms with Crippen molar-refractivity contribution in [1.29, 1.82) is 0 Å². The molecule has 0 fully saturated rings. The molecule has 4 aromatic carbocycles. The summed E-state index contributed by atoms with van der Waals surface area (Å²) < 4.78 is 42.2. The molecule has 32 heavy (non-hydrogen) atoms. The van der Waals surface area contributed by atoms with Gasteiger partial charge in [-0.05, 0) is 59.2 Å². The number of rotatable bonds is 4. The van der Waals surface area contributed by atoms with Crippen LogP contribution in [0.5, 0.6) is 0 Å². The van der Waals surface area contributed by atoms with Crippen molar-refractivity contribution in [3.05, 3.63) is 119 Å². The monoisotopic (exact) mass is 446 g/mol. The van der Waals surface area contributed by atoms with Gasteiger partial charge in [0.05, 0.1) is 5.56 Å². The third kappa shape index (κ3) is 4.56. The third-order valence-electron chi connectivity index (χ3n) is 5.20. The standard InChI is InChI=1S/C28H18ClF3/c1-2-3-4-18-5-8-20(9-6-18)22-13-14-24-23(17-22)12-11-21(28(24)32)10-7-19-15-25(30)27(29)26(31)16-19/h2,5-6,8-9,11-17H,1,3-4H2. The van der Waals surface area contributed by atoms with Crippen molar-refractivity contribution in [2.24, 2.45) is 0 Å². The maximum atomic E-state index is 15.0. The first-order valence-electron chi connectivity index (χ1n) is 10.1. The highest BCUT2D eigenvalue weighted by atomic mass is 35.5. The Hall–Kier alpha value is -3.48. The minimum atomic E-state index is -0.906. The summed E-state index contributed by atoms with van der Waals surface area (Å²) >= 11 is 5.48. The van der Waals surface area contributed by atoms with Gasteiger partial charge in [0, 0.05) is 10.9 Å². The molecule has 0 heterocycles. The molecule has 0 spiro atoms. The highest BCUT2D eigenvalue weighted by molar-refractivity contribution is 6.30. The lowest BCUT2D eigenvalue weighted by atomic mass is 9.98. The van der Waals surface area contributed by atoms with E-state index in [1.165, 1.54) is 5.56 Å². The van der Waals surface area contributed by atoms with E-state index in [0.29, 0.717) is 5.39 Å². The SMILES string of the molecule is C=CCCc1ccc(-c2ccc3c(F)c(C#Cc4cc(F)c(Cl)c(F)c4)ccc3c2)cc1. The average molecular weight is 447 g/mol. The second-order valence-corrected chi connectivity index (χ2v) is 7.77. The summed E-state index contributed by atoms with van der Waals surface area (Å²) in [6.07, 6.45) is 3.78. The molecular formula is C28H18ClF3. The first-order valence-corrected chi connectivity index (χ1v) is 10.4. The average Bonchev–Trinajstić information content (AvgIpc) is 2.81. The number of allylic oxidation sites excluding steroid dienone is 1. The highest BCUT2D eigenvalue weighted by Gasteiger charge is 2.09. The number of halogens is 4. The molecule has 158 valence electrons. The molecule has 4 aromatic rings. The predicted molar refractivity (Wildman–Crippen MR) is 125 cm³/mol. The van der Waals surface area contributed by atoms with Gasteiger partial charge in [-0.2, -0.15) is 0 Å². The van der Waals surface area contributed by atoms with Gasteiger partial charge in [0.1, 0.15) is 22.5 Å². The second-order valence-electron chi connectivity index (χ2n) is 7.39. The van der Waals surface area contributed by atoms with Gasteiger partial charge in [0.25, 0.3) is 0 Å². The first-order chi connectivity index (χ1) is 15.5. The van der Waals surface area contributed by atoms with E-state index in [4.69, 9.17) is 11.6 Å². The van der Waals surface area contributed by atoms with Crippen molar-refractivity contribution in [2.75, 3.05) is 0 Å². The largest absolute Gasteiger partial charge is 0.205 e. The maximum Gasteiger partial charge on any atom is 0.146 e. The molecule has 0 atom stereocenters. The molecule has 0 aliphatic heterocycles. The molecule has 0 saturated heterocycles. The molecule has 0 N–H and O–H groups in total. The van der Waals surface area contributed by atoms with E-state index in [1.807, 2.05) is 18.2 Å². The van der Waals surface area contributed by atoms with Gasteiger partial charge in [0.15, 0.2) is 0 Å². The fourth-order valence-corrected chi connectivity index (χ4v) is 3.58. The quantitative estimate of drug-likeness (QED) is 0.169. The van der Waals surface area contributed by atoms with Gasteiger partial charge in [0.2, 0.25) is 0 Å². The molecule has 4 rings (SSSR count). The Kier molecular flexibility index (Phi) is 6.35. The zero-order valence-corrected chi connectivity index (χ0v) is 17.8. The van der Waals surface area contributed by atoms with E-state index in [1.54, 1.807) is 18.2 Å². The smallest absolute Gasteiger partial charge is 0.146 e. The molecule has 0 amide bonds. The van der Waals surface area contributed by atoms with E-state index < -0.39 is 22.5 Å². The molecule has 0 saturated carbocycles. The van der Waals surface area contributed by atoms with Crippen LogP contribution in [0.2, 0.25) is 5.02 Å². The fourth-order valence-electron chi connectivity index (χ4n) is 3.47. The molecule has 0 aromatic heterocycles. The van der Waals surface area contributed by atoms with Crippen LogP contribution in [0.1, 0.15) is 23.1 Å². The summed E-state index contributed by atoms with van der Waals surface area (Å²) in [5.74, 6) is 2.97. The van der Waals surface area contributed by atoms with Gasteiger partial charge in [-0.3, -0.25) is 0 Å². The Balaban J connectivity index is 1.64. The Labute approximate surface area is 190 Å². The Morgan fingerprint density at radius 2 is 1.50 bits per heavy atom. The molecule has 0 bridgehead atoms. The minimum absolute atomic E-state index is 0.0794. The van der Waals surface area contributed by atoms with Crippen LogP contribution in [0.3, 0.4) is 0 Å². The van der Waals surface area contributed by atoms with Crippen LogP contribution in [0.25, 0.3) is 21.9 Å². The minimum Gasteiger partial charge on any atom is -0.205 e. The zero-order valence-electron chi connectivity index (χ0n) is 17.1. The first kappa shape index (κ1) is 21.7. The molecule has 0 nitrogen and oxygen atoms in total. The van der Waals surface area contributed by atoms with Gasteiger partial charge in [-0.25, -0.2) is 13.2 Å². The fraction of sp³-hybridized carbons (Fsp3) is 0.0714. The summed E-state index contributed by atoms with van der Waals surface area (Å²) in [7, 11) is 0. The Morgan fingerprint density at radius 3 is 2.19 bits per heavy atom. The zero-order chi connectivity index (χ0) is 22.7. The van der Waals surface area contributed by atoms with Crippen LogP contribution in [0.15, 0.2) is 79.4 Å². The van der Waals surface area contributed by atoms with Crippen LogP contribution in [-0.2, 0) is 6.42 Å². The number of fused-ring (bicyclic) bond motifs is 1. The van der Waals surface area contributed by atoms with Gasteiger partial charge in [-0.1, -0.05) is 72.0 Å². The van der Waals surface area contributed by atoms with Crippen LogP contribution >= 0.6 is 11.6 Å². The summed E-state index contributed by atoms with van der Waals surface area (Å²) in [4.78, 5) is 0. The molecule has 0 unspecified atom stereocenters. The van der Waals surface area contributed by atoms with Crippen LogP contribution in [0.4, 0.5) is 13.2 Å². The normalized spacial score (nSPS) is 10.6. The van der Waals surface area contributed by atoms with E-state index >= 15 is 4.39 Å². The number of aryl methyl sites for hydroxylation is 1. The van der Waals surface area contributed by atoms with Crippen LogP contribution in [-0.4, -0.2) is 0 Å². The molecule has 4 heteroatoms. The topological polar surface area (TPSA) is 0 Å². The van der Waals surface area contributed by atoms with E-state index in [-0.39, 0.29) is 11.1 Å². The summed E-state index contributed by atoms with van der Waals surface area (Å²) in [5.41, 5.74) is 3.50. The van der Waals surface area contributed by atoms with E-state index in [9.17, 15) is 8.78 Å². The lowest BCUT2D eigenvalue weighted by molar-refractivity contribution is 0.583. The van der Waals surface area contributed by atoms with Gasteiger partial charge in [-0.15, -0.1) is 6.58 Å². The number of benzene rings is 4. The number of hydrogen-bond acceptors (Lipinski definition) is 0. The Bertz CT molecular complexity index is 1350. The molecule has 0 aliphatic carbocycles. The third-order valence-corrected chi connectivity index (χ3v) is 5.56. The predicted octanol–water partition coefficient (Wildman–Crippen LogP) is 8.10. The maximum absolute atomic E-state index is 15.0. The highest BCUT2D eigenvalue weighted by Crippen LogP contribution is 2.28. The molecular weight excluding hydrogens is 429 g/mol. The second kappa shape index (κ2) is 9.34. The van der Waals surface area contributed by atoms with Gasteiger partial charge >= 0.3 is 0 Å². The Morgan fingerprint density at radius 1 is 0.812 bits per heavy atom. The van der Waals surface area contributed by atoms with Crippen molar-refractivity contribution in [3.8, 4) is 23.0 Å². The van der Waals surface area contributed by atoms with Crippen LogP contribution in [0, 0.1) is 29.3 Å². The van der Waals surface area contributed by atoms with E-state index in [0.717, 1.165) is 41.5 Å². The van der Waals surface area contributed by atoms with Crippen molar-refractivity contribution in [3.63, 3.8) is 0 Å². The number of hydrogen-bond donors (Lipinski definition) is 0. The lowest BCUT2D eigenvalue weighted by Gasteiger charge is -2.07. The van der Waals surface area contributed by atoms with Crippen molar-refractivity contribution < 1.29 is 13.2 Å². The lowest BCUT2D eigenvalue weighted by Crippen LogP contribution is -1.89. The molecule has 0 aliphatic rings. The van der Waals surface area contributed by atoms with E-state index in [2.05, 4.69) is 42.7 Å². The summed E-state index contributed by atoms with van der Waals surface area (Å²) in [6, 6.07) is 19.2. The van der Waals surface area contributed by atoms with Crippen molar-refractivity contribution >= 4 is 22.4 Å². The molecule has 0 radical (unpaired) electrons. The van der Waals surface area contributed by atoms with Crippen molar-refractivity contribution in [2.45, 2.75) is 12.8 Å². The van der Waals surface area contributed by atoms with Gasteiger partial charge < -0.3 is 0 Å². The summed E-state index contributed by atoms with van der Waals surface area (Å²) in [5, 5.41) is 0.580.